The van der Waals surface area contributed by atoms with E-state index < -0.39 is 18.0 Å². The van der Waals surface area contributed by atoms with E-state index in [-0.39, 0.29) is 18.0 Å². The molecule has 1 amide bonds. The molecule has 0 aromatic carbocycles. The van der Waals surface area contributed by atoms with Gasteiger partial charge in [-0.3, -0.25) is 10.1 Å². The van der Waals surface area contributed by atoms with Gasteiger partial charge in [-0.1, -0.05) is 0 Å². The SMILES string of the molecule is CCNc1ccnc(NC(=O)C2OCC3OC(C)(C)OC32)n1. The zero-order valence-corrected chi connectivity index (χ0v) is 12.8. The molecule has 0 saturated carbocycles. The first-order chi connectivity index (χ1) is 10.5. The first-order valence-electron chi connectivity index (χ1n) is 7.33. The first kappa shape index (κ1) is 15.1. The molecule has 3 heterocycles. The number of anilines is 2. The Labute approximate surface area is 128 Å². The number of amides is 1. The Balaban J connectivity index is 1.66. The summed E-state index contributed by atoms with van der Waals surface area (Å²) < 4.78 is 16.9. The molecule has 1 aromatic heterocycles. The molecule has 2 N–H and O–H groups in total. The summed E-state index contributed by atoms with van der Waals surface area (Å²) in [7, 11) is 0. The van der Waals surface area contributed by atoms with Crippen LogP contribution in [-0.2, 0) is 19.0 Å². The average molecular weight is 308 g/mol. The third-order valence-electron chi connectivity index (χ3n) is 3.47. The zero-order chi connectivity index (χ0) is 15.7. The van der Waals surface area contributed by atoms with E-state index in [1.54, 1.807) is 12.3 Å². The van der Waals surface area contributed by atoms with Crippen molar-refractivity contribution in [1.82, 2.24) is 9.97 Å². The molecule has 0 aliphatic carbocycles. The summed E-state index contributed by atoms with van der Waals surface area (Å²) in [5, 5.41) is 5.72. The molecule has 3 unspecified atom stereocenters. The van der Waals surface area contributed by atoms with E-state index in [0.29, 0.717) is 12.4 Å². The topological polar surface area (TPSA) is 94.6 Å². The number of carbonyl (C=O) groups is 1. The van der Waals surface area contributed by atoms with Gasteiger partial charge < -0.3 is 19.5 Å². The van der Waals surface area contributed by atoms with Crippen molar-refractivity contribution in [2.45, 2.75) is 44.9 Å². The van der Waals surface area contributed by atoms with Crippen LogP contribution in [0.4, 0.5) is 11.8 Å². The summed E-state index contributed by atoms with van der Waals surface area (Å²) in [4.78, 5) is 20.6. The highest BCUT2D eigenvalue weighted by atomic mass is 16.8. The van der Waals surface area contributed by atoms with E-state index in [9.17, 15) is 4.79 Å². The van der Waals surface area contributed by atoms with Crippen molar-refractivity contribution in [3.63, 3.8) is 0 Å². The van der Waals surface area contributed by atoms with Crippen LogP contribution < -0.4 is 10.6 Å². The number of rotatable bonds is 4. The van der Waals surface area contributed by atoms with Gasteiger partial charge in [0.25, 0.3) is 5.91 Å². The Hall–Kier alpha value is -1.77. The minimum absolute atomic E-state index is 0.222. The molecule has 2 aliphatic heterocycles. The van der Waals surface area contributed by atoms with Crippen LogP contribution in [0.3, 0.4) is 0 Å². The van der Waals surface area contributed by atoms with Gasteiger partial charge in [0, 0.05) is 12.7 Å². The molecule has 120 valence electrons. The van der Waals surface area contributed by atoms with Crippen LogP contribution >= 0.6 is 0 Å². The minimum atomic E-state index is -0.724. The van der Waals surface area contributed by atoms with Gasteiger partial charge in [0.15, 0.2) is 11.9 Å². The van der Waals surface area contributed by atoms with Crippen LogP contribution in [0.1, 0.15) is 20.8 Å². The van der Waals surface area contributed by atoms with Gasteiger partial charge in [-0.05, 0) is 26.8 Å². The fraction of sp³-hybridized carbons (Fsp3) is 0.643. The smallest absolute Gasteiger partial charge is 0.258 e. The molecule has 3 rings (SSSR count). The highest BCUT2D eigenvalue weighted by molar-refractivity contribution is 5.93. The minimum Gasteiger partial charge on any atom is -0.370 e. The summed E-state index contributed by atoms with van der Waals surface area (Å²) >= 11 is 0. The van der Waals surface area contributed by atoms with Crippen LogP contribution in [0, 0.1) is 0 Å². The second-order valence-electron chi connectivity index (χ2n) is 5.68. The largest absolute Gasteiger partial charge is 0.370 e. The zero-order valence-electron chi connectivity index (χ0n) is 12.8. The molecule has 22 heavy (non-hydrogen) atoms. The number of hydrogen-bond donors (Lipinski definition) is 2. The maximum absolute atomic E-state index is 12.4. The van der Waals surface area contributed by atoms with Crippen LogP contribution in [0.2, 0.25) is 0 Å². The number of aromatic nitrogens is 2. The fourth-order valence-corrected chi connectivity index (χ4v) is 2.65. The third kappa shape index (κ3) is 3.03. The average Bonchev–Trinajstić information content (AvgIpc) is 2.94. The Morgan fingerprint density at radius 1 is 1.45 bits per heavy atom. The molecule has 2 saturated heterocycles. The molecular weight excluding hydrogens is 288 g/mol. The molecule has 8 nitrogen and oxygen atoms in total. The number of fused-ring (bicyclic) bond motifs is 1. The molecule has 2 aliphatic rings. The summed E-state index contributed by atoms with van der Waals surface area (Å²) in [6.07, 6.45) is 0.224. The highest BCUT2D eigenvalue weighted by Gasteiger charge is 2.52. The van der Waals surface area contributed by atoms with Crippen LogP contribution in [0.15, 0.2) is 12.3 Å². The lowest BCUT2D eigenvalue weighted by atomic mass is 10.1. The van der Waals surface area contributed by atoms with Crippen molar-refractivity contribution in [2.24, 2.45) is 0 Å². The van der Waals surface area contributed by atoms with Crippen LogP contribution in [0.5, 0.6) is 0 Å². The van der Waals surface area contributed by atoms with E-state index in [4.69, 9.17) is 14.2 Å². The second-order valence-corrected chi connectivity index (χ2v) is 5.68. The standard InChI is InChI=1S/C14H20N4O4/c1-4-15-9-5-6-16-13(17-9)18-12(19)11-10-8(7-20-11)21-14(2,3)22-10/h5-6,8,10-11H,4,7H2,1-3H3,(H2,15,16,17,18,19). The number of hydrogen-bond acceptors (Lipinski definition) is 7. The normalized spacial score (nSPS) is 29.1. The molecule has 0 spiro atoms. The highest BCUT2D eigenvalue weighted by Crippen LogP contribution is 2.35. The fourth-order valence-electron chi connectivity index (χ4n) is 2.65. The van der Waals surface area contributed by atoms with Gasteiger partial charge in [-0.15, -0.1) is 0 Å². The van der Waals surface area contributed by atoms with E-state index in [1.165, 1.54) is 0 Å². The number of nitrogens with zero attached hydrogens (tertiary/aromatic N) is 2. The quantitative estimate of drug-likeness (QED) is 0.848. The summed E-state index contributed by atoms with van der Waals surface area (Å²) in [5.74, 6) is -0.144. The predicted octanol–water partition coefficient (Wildman–Crippen LogP) is 0.766. The van der Waals surface area contributed by atoms with Crippen molar-refractivity contribution in [2.75, 3.05) is 23.8 Å². The lowest BCUT2D eigenvalue weighted by molar-refractivity contribution is -0.176. The number of nitrogens with one attached hydrogen (secondary N) is 2. The summed E-state index contributed by atoms with van der Waals surface area (Å²) in [6.45, 7) is 6.68. The van der Waals surface area contributed by atoms with Gasteiger partial charge in [0.2, 0.25) is 5.95 Å². The number of carbonyl (C=O) groups excluding carboxylic acids is 1. The number of ether oxygens (including phenoxy) is 3. The van der Waals surface area contributed by atoms with Crippen molar-refractivity contribution in [3.05, 3.63) is 12.3 Å². The van der Waals surface area contributed by atoms with E-state index >= 15 is 0 Å². The van der Waals surface area contributed by atoms with Crippen LogP contribution in [0.25, 0.3) is 0 Å². The molecular formula is C14H20N4O4. The van der Waals surface area contributed by atoms with Gasteiger partial charge >= 0.3 is 0 Å². The third-order valence-corrected chi connectivity index (χ3v) is 3.47. The molecule has 3 atom stereocenters. The van der Waals surface area contributed by atoms with Gasteiger partial charge in [-0.25, -0.2) is 4.98 Å². The maximum atomic E-state index is 12.4. The van der Waals surface area contributed by atoms with Crippen molar-refractivity contribution < 1.29 is 19.0 Å². The lowest BCUT2D eigenvalue weighted by Gasteiger charge is -2.21. The summed E-state index contributed by atoms with van der Waals surface area (Å²) in [5.41, 5.74) is 0. The van der Waals surface area contributed by atoms with Crippen molar-refractivity contribution in [3.8, 4) is 0 Å². The van der Waals surface area contributed by atoms with E-state index in [2.05, 4.69) is 20.6 Å². The van der Waals surface area contributed by atoms with Gasteiger partial charge in [-0.2, -0.15) is 4.98 Å². The Bertz CT molecular complexity index is 566. The second kappa shape index (κ2) is 5.79. The molecule has 1 aromatic rings. The van der Waals surface area contributed by atoms with E-state index in [1.807, 2.05) is 20.8 Å². The van der Waals surface area contributed by atoms with Crippen LogP contribution in [-0.4, -0.2) is 53.1 Å². The Kier molecular flexibility index (Phi) is 3.98. The molecule has 0 radical (unpaired) electrons. The first-order valence-corrected chi connectivity index (χ1v) is 7.33. The molecule has 0 bridgehead atoms. The Morgan fingerprint density at radius 2 is 2.27 bits per heavy atom. The Morgan fingerprint density at radius 3 is 3.05 bits per heavy atom. The molecule has 2 fully saturated rings. The van der Waals surface area contributed by atoms with E-state index in [0.717, 1.165) is 6.54 Å². The lowest BCUT2D eigenvalue weighted by Crippen LogP contribution is -2.39. The van der Waals surface area contributed by atoms with Gasteiger partial charge in [0.1, 0.15) is 18.0 Å². The maximum Gasteiger partial charge on any atom is 0.258 e. The van der Waals surface area contributed by atoms with Crippen molar-refractivity contribution in [1.29, 1.82) is 0 Å². The monoisotopic (exact) mass is 308 g/mol. The predicted molar refractivity (Wildman–Crippen MR) is 78.4 cm³/mol. The molecule has 8 heteroatoms. The summed E-state index contributed by atoms with van der Waals surface area (Å²) in [6, 6.07) is 1.73. The van der Waals surface area contributed by atoms with Gasteiger partial charge in [0.05, 0.1) is 6.61 Å². The van der Waals surface area contributed by atoms with Crippen molar-refractivity contribution >= 4 is 17.7 Å².